The summed E-state index contributed by atoms with van der Waals surface area (Å²) in [5.74, 6) is 0.320. The number of carbonyl (C=O) groups excluding carboxylic acids is 2. The standard InChI is InChI=1S/C14H19N3O3/c1-17(8-10-5-6-20-9-10)13(18)11-3-2-4-12(7-11)16-14(15)19/h2-4,7,10H,5-6,8-9H2,1H3,(H3,15,16,19). The molecule has 0 aromatic heterocycles. The lowest BCUT2D eigenvalue weighted by Crippen LogP contribution is -2.32. The summed E-state index contributed by atoms with van der Waals surface area (Å²) < 4.78 is 5.31. The number of nitrogens with two attached hydrogens (primary N) is 1. The molecule has 0 aliphatic carbocycles. The molecule has 6 heteroatoms. The van der Waals surface area contributed by atoms with Crippen LogP contribution in [0.5, 0.6) is 0 Å². The van der Waals surface area contributed by atoms with Crippen LogP contribution in [0, 0.1) is 5.92 Å². The van der Waals surface area contributed by atoms with Crippen molar-refractivity contribution in [3.63, 3.8) is 0 Å². The van der Waals surface area contributed by atoms with E-state index in [1.165, 1.54) is 0 Å². The van der Waals surface area contributed by atoms with E-state index in [1.54, 1.807) is 36.2 Å². The molecular formula is C14H19N3O3. The van der Waals surface area contributed by atoms with E-state index in [0.29, 0.717) is 30.3 Å². The van der Waals surface area contributed by atoms with Crippen LogP contribution in [-0.2, 0) is 4.74 Å². The highest BCUT2D eigenvalue weighted by Gasteiger charge is 2.20. The largest absolute Gasteiger partial charge is 0.381 e. The lowest BCUT2D eigenvalue weighted by molar-refractivity contribution is 0.0766. The van der Waals surface area contributed by atoms with Gasteiger partial charge in [0.25, 0.3) is 5.91 Å². The highest BCUT2D eigenvalue weighted by atomic mass is 16.5. The molecule has 1 aromatic rings. The van der Waals surface area contributed by atoms with E-state index in [2.05, 4.69) is 5.32 Å². The van der Waals surface area contributed by atoms with Crippen LogP contribution in [0.3, 0.4) is 0 Å². The molecule has 3 amide bonds. The van der Waals surface area contributed by atoms with E-state index in [-0.39, 0.29) is 5.91 Å². The van der Waals surface area contributed by atoms with Crippen molar-refractivity contribution in [2.75, 3.05) is 32.1 Å². The Morgan fingerprint density at radius 1 is 1.50 bits per heavy atom. The summed E-state index contributed by atoms with van der Waals surface area (Å²) in [7, 11) is 1.77. The summed E-state index contributed by atoms with van der Waals surface area (Å²) >= 11 is 0. The smallest absolute Gasteiger partial charge is 0.316 e. The summed E-state index contributed by atoms with van der Waals surface area (Å²) in [6.45, 7) is 2.15. The van der Waals surface area contributed by atoms with Crippen molar-refractivity contribution in [2.24, 2.45) is 11.7 Å². The maximum atomic E-state index is 12.3. The second-order valence-corrected chi connectivity index (χ2v) is 4.99. The number of carbonyl (C=O) groups is 2. The third-order valence-electron chi connectivity index (χ3n) is 3.28. The molecule has 1 heterocycles. The molecule has 3 N–H and O–H groups in total. The lowest BCUT2D eigenvalue weighted by Gasteiger charge is -2.20. The molecule has 1 aliphatic heterocycles. The number of urea groups is 1. The molecule has 0 spiro atoms. The first kappa shape index (κ1) is 14.3. The second kappa shape index (κ2) is 6.38. The van der Waals surface area contributed by atoms with Crippen LogP contribution < -0.4 is 11.1 Å². The molecule has 1 aliphatic rings. The van der Waals surface area contributed by atoms with Gasteiger partial charge in [0.1, 0.15) is 0 Å². The van der Waals surface area contributed by atoms with Gasteiger partial charge >= 0.3 is 6.03 Å². The molecular weight excluding hydrogens is 258 g/mol. The number of hydrogen-bond acceptors (Lipinski definition) is 3. The van der Waals surface area contributed by atoms with Gasteiger partial charge in [-0.3, -0.25) is 4.79 Å². The Morgan fingerprint density at radius 3 is 2.95 bits per heavy atom. The minimum atomic E-state index is -0.647. The van der Waals surface area contributed by atoms with Crippen LogP contribution in [0.4, 0.5) is 10.5 Å². The van der Waals surface area contributed by atoms with Gasteiger partial charge in [-0.2, -0.15) is 0 Å². The minimum absolute atomic E-state index is 0.0787. The maximum absolute atomic E-state index is 12.3. The Morgan fingerprint density at radius 2 is 2.30 bits per heavy atom. The number of benzene rings is 1. The van der Waals surface area contributed by atoms with Gasteiger partial charge in [-0.15, -0.1) is 0 Å². The topological polar surface area (TPSA) is 84.7 Å². The van der Waals surface area contributed by atoms with Crippen LogP contribution >= 0.6 is 0 Å². The molecule has 0 bridgehead atoms. The predicted molar refractivity (Wildman–Crippen MR) is 75.5 cm³/mol. The van der Waals surface area contributed by atoms with Gasteiger partial charge in [-0.1, -0.05) is 6.07 Å². The zero-order valence-electron chi connectivity index (χ0n) is 11.5. The highest BCUT2D eigenvalue weighted by molar-refractivity contribution is 5.96. The molecule has 108 valence electrons. The van der Waals surface area contributed by atoms with Gasteiger partial charge in [0.15, 0.2) is 0 Å². The number of hydrogen-bond donors (Lipinski definition) is 2. The van der Waals surface area contributed by atoms with Crippen LogP contribution in [-0.4, -0.2) is 43.6 Å². The first-order valence-electron chi connectivity index (χ1n) is 6.56. The quantitative estimate of drug-likeness (QED) is 0.869. The number of rotatable bonds is 4. The summed E-state index contributed by atoms with van der Waals surface area (Å²) in [5, 5.41) is 2.46. The SMILES string of the molecule is CN(CC1CCOC1)C(=O)c1cccc(NC(N)=O)c1. The normalized spacial score (nSPS) is 17.8. The fraction of sp³-hybridized carbons (Fsp3) is 0.429. The number of anilines is 1. The molecule has 1 unspecified atom stereocenters. The zero-order chi connectivity index (χ0) is 14.5. The van der Waals surface area contributed by atoms with Gasteiger partial charge in [0.05, 0.1) is 6.61 Å². The zero-order valence-corrected chi connectivity index (χ0v) is 11.5. The number of nitrogens with one attached hydrogen (secondary N) is 1. The first-order chi connectivity index (χ1) is 9.56. The number of primary amides is 1. The van der Waals surface area contributed by atoms with Gasteiger partial charge < -0.3 is 20.7 Å². The van der Waals surface area contributed by atoms with Crippen molar-refractivity contribution in [3.8, 4) is 0 Å². The van der Waals surface area contributed by atoms with Crippen LogP contribution in [0.15, 0.2) is 24.3 Å². The van der Waals surface area contributed by atoms with Crippen molar-refractivity contribution < 1.29 is 14.3 Å². The molecule has 0 saturated carbocycles. The van der Waals surface area contributed by atoms with Crippen LogP contribution in [0.2, 0.25) is 0 Å². The Balaban J connectivity index is 2.01. The van der Waals surface area contributed by atoms with E-state index in [9.17, 15) is 9.59 Å². The average Bonchev–Trinajstić information content (AvgIpc) is 2.90. The van der Waals surface area contributed by atoms with E-state index >= 15 is 0 Å². The Labute approximate surface area is 117 Å². The van der Waals surface area contributed by atoms with Crippen molar-refractivity contribution in [1.82, 2.24) is 4.90 Å². The number of amides is 3. The summed E-state index contributed by atoms with van der Waals surface area (Å²) in [4.78, 5) is 24.8. The van der Waals surface area contributed by atoms with Crippen molar-refractivity contribution in [2.45, 2.75) is 6.42 Å². The van der Waals surface area contributed by atoms with E-state index in [1.807, 2.05) is 0 Å². The fourth-order valence-corrected chi connectivity index (χ4v) is 2.29. The first-order valence-corrected chi connectivity index (χ1v) is 6.56. The second-order valence-electron chi connectivity index (χ2n) is 4.99. The molecule has 6 nitrogen and oxygen atoms in total. The summed E-state index contributed by atoms with van der Waals surface area (Å²) in [6, 6.07) is 6.09. The van der Waals surface area contributed by atoms with Crippen molar-refractivity contribution in [1.29, 1.82) is 0 Å². The number of nitrogens with zero attached hydrogens (tertiary/aromatic N) is 1. The third kappa shape index (κ3) is 3.71. The fourth-order valence-electron chi connectivity index (χ4n) is 2.29. The monoisotopic (exact) mass is 277 g/mol. The van der Waals surface area contributed by atoms with Crippen molar-refractivity contribution in [3.05, 3.63) is 29.8 Å². The minimum Gasteiger partial charge on any atom is -0.381 e. The molecule has 1 saturated heterocycles. The predicted octanol–water partition coefficient (Wildman–Crippen LogP) is 1.29. The lowest BCUT2D eigenvalue weighted by atomic mass is 10.1. The molecule has 20 heavy (non-hydrogen) atoms. The highest BCUT2D eigenvalue weighted by Crippen LogP contribution is 2.16. The molecule has 1 fully saturated rings. The average molecular weight is 277 g/mol. The van der Waals surface area contributed by atoms with Crippen molar-refractivity contribution >= 4 is 17.6 Å². The van der Waals surface area contributed by atoms with Crippen LogP contribution in [0.25, 0.3) is 0 Å². The summed E-state index contributed by atoms with van der Waals surface area (Å²) in [6.07, 6.45) is 0.987. The van der Waals surface area contributed by atoms with Gasteiger partial charge in [-0.25, -0.2) is 4.79 Å². The number of ether oxygens (including phenoxy) is 1. The maximum Gasteiger partial charge on any atom is 0.316 e. The Hall–Kier alpha value is -2.08. The molecule has 0 radical (unpaired) electrons. The van der Waals surface area contributed by atoms with E-state index < -0.39 is 6.03 Å². The summed E-state index contributed by atoms with van der Waals surface area (Å²) in [5.41, 5.74) is 6.10. The van der Waals surface area contributed by atoms with Crippen LogP contribution in [0.1, 0.15) is 16.8 Å². The van der Waals surface area contributed by atoms with Gasteiger partial charge in [0.2, 0.25) is 0 Å². The Kier molecular flexibility index (Phi) is 4.57. The molecule has 1 atom stereocenters. The van der Waals surface area contributed by atoms with E-state index in [4.69, 9.17) is 10.5 Å². The Bertz CT molecular complexity index is 498. The van der Waals surface area contributed by atoms with E-state index in [0.717, 1.165) is 13.0 Å². The molecule has 1 aromatic carbocycles. The third-order valence-corrected chi connectivity index (χ3v) is 3.28. The van der Waals surface area contributed by atoms with Gasteiger partial charge in [0, 0.05) is 37.4 Å². The molecule has 2 rings (SSSR count). The van der Waals surface area contributed by atoms with Gasteiger partial charge in [-0.05, 0) is 24.6 Å².